The summed E-state index contributed by atoms with van der Waals surface area (Å²) in [6.07, 6.45) is 58.7. The van der Waals surface area contributed by atoms with Crippen molar-refractivity contribution < 1.29 is 24.5 Å². The van der Waals surface area contributed by atoms with E-state index in [-0.39, 0.29) is 18.5 Å². The number of unbranched alkanes of at least 4 members (excludes halogenated alkanes) is 34. The molecule has 6 heteroatoms. The summed E-state index contributed by atoms with van der Waals surface area (Å²) >= 11 is 0. The van der Waals surface area contributed by atoms with Crippen LogP contribution in [0.4, 0.5) is 0 Å². The van der Waals surface area contributed by atoms with Gasteiger partial charge in [-0.05, 0) is 77.0 Å². The lowest BCUT2D eigenvalue weighted by Gasteiger charge is -2.22. The molecule has 0 aliphatic carbocycles. The molecule has 0 radical (unpaired) electrons. The van der Waals surface area contributed by atoms with Gasteiger partial charge in [-0.15, -0.1) is 0 Å². The number of carbonyl (C=O) groups is 2. The second-order valence-corrected chi connectivity index (χ2v) is 18.2. The first-order valence-corrected chi connectivity index (χ1v) is 26.6. The summed E-state index contributed by atoms with van der Waals surface area (Å²) in [6.45, 7) is 4.86. The van der Waals surface area contributed by atoms with Crippen molar-refractivity contribution in [1.82, 2.24) is 5.32 Å². The maximum atomic E-state index is 12.5. The van der Waals surface area contributed by atoms with Gasteiger partial charge in [0.25, 0.3) is 0 Å². The summed E-state index contributed by atoms with van der Waals surface area (Å²) in [5.74, 6) is -0.0932. The number of carbonyl (C=O) groups excluding carboxylic acids is 2. The lowest BCUT2D eigenvalue weighted by Crippen LogP contribution is -2.45. The number of amides is 1. The molecular weight excluding hydrogens is 743 g/mol. The van der Waals surface area contributed by atoms with Crippen LogP contribution in [0.5, 0.6) is 0 Å². The quantitative estimate of drug-likeness (QED) is 0.0322. The van der Waals surface area contributed by atoms with Crippen LogP contribution in [0.15, 0.2) is 24.3 Å². The van der Waals surface area contributed by atoms with Crippen molar-refractivity contribution in [1.29, 1.82) is 0 Å². The second-order valence-electron chi connectivity index (χ2n) is 18.2. The number of rotatable bonds is 49. The van der Waals surface area contributed by atoms with Gasteiger partial charge < -0.3 is 20.3 Å². The van der Waals surface area contributed by atoms with Crippen LogP contribution in [-0.4, -0.2) is 47.4 Å². The van der Waals surface area contributed by atoms with Gasteiger partial charge in [0, 0.05) is 12.8 Å². The molecule has 3 N–H and O–H groups in total. The van der Waals surface area contributed by atoms with Crippen LogP contribution >= 0.6 is 0 Å². The molecular formula is C54H103NO5. The third-order valence-electron chi connectivity index (χ3n) is 12.2. The Morgan fingerprint density at radius 2 is 0.800 bits per heavy atom. The van der Waals surface area contributed by atoms with Gasteiger partial charge >= 0.3 is 5.97 Å². The van der Waals surface area contributed by atoms with Crippen molar-refractivity contribution in [3.63, 3.8) is 0 Å². The number of hydrogen-bond donors (Lipinski definition) is 3. The second kappa shape index (κ2) is 50.0. The van der Waals surface area contributed by atoms with Gasteiger partial charge in [-0.25, -0.2) is 0 Å². The molecule has 0 rings (SSSR count). The fourth-order valence-electron chi connectivity index (χ4n) is 8.08. The molecule has 0 aromatic carbocycles. The molecule has 0 fully saturated rings. The summed E-state index contributed by atoms with van der Waals surface area (Å²) in [7, 11) is 0. The highest BCUT2D eigenvalue weighted by atomic mass is 16.5. The molecule has 0 spiro atoms. The van der Waals surface area contributed by atoms with Gasteiger partial charge in [0.2, 0.25) is 5.91 Å². The summed E-state index contributed by atoms with van der Waals surface area (Å²) < 4.78 is 5.42. The Kier molecular flexibility index (Phi) is 48.6. The fraction of sp³-hybridized carbons (Fsp3) is 0.889. The lowest BCUT2D eigenvalue weighted by molar-refractivity contribution is -0.143. The van der Waals surface area contributed by atoms with Crippen molar-refractivity contribution in [2.45, 2.75) is 296 Å². The SMILES string of the molecule is CCCC/C=C\CCCCCCCC(=O)OCCCCC/C=C\CCCCCCCC(=O)NC(CO)C(O)CCCCCCCCCCCCCCCCCCCCCC. The minimum atomic E-state index is -0.681. The van der Waals surface area contributed by atoms with Gasteiger partial charge in [0.05, 0.1) is 25.4 Å². The Morgan fingerprint density at radius 3 is 1.23 bits per heavy atom. The normalized spacial score (nSPS) is 12.8. The number of ether oxygens (including phenoxy) is 1. The molecule has 2 atom stereocenters. The zero-order chi connectivity index (χ0) is 43.7. The van der Waals surface area contributed by atoms with E-state index in [9.17, 15) is 19.8 Å². The number of hydrogen-bond acceptors (Lipinski definition) is 5. The predicted molar refractivity (Wildman–Crippen MR) is 260 cm³/mol. The largest absolute Gasteiger partial charge is 0.466 e. The van der Waals surface area contributed by atoms with Crippen LogP contribution in [0.25, 0.3) is 0 Å². The molecule has 60 heavy (non-hydrogen) atoms. The van der Waals surface area contributed by atoms with E-state index in [1.807, 2.05) is 0 Å². The van der Waals surface area contributed by atoms with Crippen LogP contribution in [0.1, 0.15) is 284 Å². The van der Waals surface area contributed by atoms with E-state index in [1.54, 1.807) is 0 Å². The van der Waals surface area contributed by atoms with Crippen molar-refractivity contribution in [3.05, 3.63) is 24.3 Å². The minimum Gasteiger partial charge on any atom is -0.466 e. The molecule has 0 aromatic heterocycles. The van der Waals surface area contributed by atoms with E-state index in [0.717, 1.165) is 77.0 Å². The van der Waals surface area contributed by atoms with Crippen LogP contribution in [0.3, 0.4) is 0 Å². The van der Waals surface area contributed by atoms with Crippen molar-refractivity contribution >= 4 is 11.9 Å². The number of esters is 1. The topological polar surface area (TPSA) is 95.9 Å². The molecule has 2 unspecified atom stereocenters. The summed E-state index contributed by atoms with van der Waals surface area (Å²) in [5, 5.41) is 23.3. The summed E-state index contributed by atoms with van der Waals surface area (Å²) in [6, 6.07) is -0.561. The minimum absolute atomic E-state index is 0.0336. The third kappa shape index (κ3) is 45.9. The zero-order valence-corrected chi connectivity index (χ0v) is 40.2. The van der Waals surface area contributed by atoms with Crippen molar-refractivity contribution in [3.8, 4) is 0 Å². The molecule has 0 heterocycles. The standard InChI is InChI=1S/C54H103NO5/c1-3-5-7-9-11-13-15-16-17-18-19-20-21-22-23-27-30-34-38-42-46-52(57)51(50-56)55-53(58)47-43-39-35-31-28-24-25-29-33-37-41-45-49-60-54(59)48-44-40-36-32-26-14-12-10-8-6-4-2/h10,12,25,29,51-52,56-57H,3-9,11,13-24,26-28,30-50H2,1-2H3,(H,55,58)/b12-10-,29-25-. The molecule has 6 nitrogen and oxygen atoms in total. The fourth-order valence-corrected chi connectivity index (χ4v) is 8.08. The van der Waals surface area contributed by atoms with E-state index < -0.39 is 12.1 Å². The van der Waals surface area contributed by atoms with Crippen molar-refractivity contribution in [2.75, 3.05) is 13.2 Å². The monoisotopic (exact) mass is 846 g/mol. The predicted octanol–water partition coefficient (Wildman–Crippen LogP) is 15.9. The first kappa shape index (κ1) is 58.3. The first-order valence-electron chi connectivity index (χ1n) is 26.6. The summed E-state index contributed by atoms with van der Waals surface area (Å²) in [4.78, 5) is 24.4. The number of aliphatic hydroxyl groups excluding tert-OH is 2. The summed E-state index contributed by atoms with van der Waals surface area (Å²) in [5.41, 5.74) is 0. The number of aliphatic hydroxyl groups is 2. The van der Waals surface area contributed by atoms with Crippen LogP contribution < -0.4 is 5.32 Å². The highest BCUT2D eigenvalue weighted by Crippen LogP contribution is 2.17. The van der Waals surface area contributed by atoms with Gasteiger partial charge in [-0.2, -0.15) is 0 Å². The molecule has 0 saturated carbocycles. The Hall–Kier alpha value is -1.66. The highest BCUT2D eigenvalue weighted by molar-refractivity contribution is 5.76. The smallest absolute Gasteiger partial charge is 0.305 e. The Bertz CT molecular complexity index is 935. The van der Waals surface area contributed by atoms with Crippen LogP contribution in [0.2, 0.25) is 0 Å². The van der Waals surface area contributed by atoms with Gasteiger partial charge in [0.1, 0.15) is 0 Å². The average Bonchev–Trinajstić information content (AvgIpc) is 3.25. The van der Waals surface area contributed by atoms with E-state index in [1.165, 1.54) is 173 Å². The van der Waals surface area contributed by atoms with Crippen LogP contribution in [-0.2, 0) is 14.3 Å². The molecule has 0 aromatic rings. The van der Waals surface area contributed by atoms with Gasteiger partial charge in [-0.1, -0.05) is 218 Å². The molecule has 0 aliphatic rings. The maximum Gasteiger partial charge on any atom is 0.305 e. The third-order valence-corrected chi connectivity index (χ3v) is 12.2. The van der Waals surface area contributed by atoms with Crippen LogP contribution in [0, 0.1) is 0 Å². The Balaban J connectivity index is 3.51. The average molecular weight is 846 g/mol. The maximum absolute atomic E-state index is 12.5. The molecule has 0 aliphatic heterocycles. The van der Waals surface area contributed by atoms with Gasteiger partial charge in [0.15, 0.2) is 0 Å². The Labute approximate surface area is 373 Å². The number of allylic oxidation sites excluding steroid dienone is 4. The zero-order valence-electron chi connectivity index (χ0n) is 40.2. The van der Waals surface area contributed by atoms with Gasteiger partial charge in [-0.3, -0.25) is 9.59 Å². The van der Waals surface area contributed by atoms with E-state index in [2.05, 4.69) is 43.5 Å². The van der Waals surface area contributed by atoms with E-state index >= 15 is 0 Å². The number of nitrogens with one attached hydrogen (secondary N) is 1. The lowest BCUT2D eigenvalue weighted by atomic mass is 10.0. The van der Waals surface area contributed by atoms with Crippen molar-refractivity contribution in [2.24, 2.45) is 0 Å². The first-order chi connectivity index (χ1) is 29.5. The van der Waals surface area contributed by atoms with E-state index in [0.29, 0.717) is 25.9 Å². The van der Waals surface area contributed by atoms with E-state index in [4.69, 9.17) is 4.74 Å². The Morgan fingerprint density at radius 1 is 0.450 bits per heavy atom. The molecule has 0 saturated heterocycles. The molecule has 0 bridgehead atoms. The highest BCUT2D eigenvalue weighted by Gasteiger charge is 2.20. The molecule has 354 valence electrons. The molecule has 1 amide bonds.